The Balaban J connectivity index is 1.57. The molecule has 1 N–H and O–H groups in total. The largest absolute Gasteiger partial charge is 0.378 e. The van der Waals surface area contributed by atoms with Gasteiger partial charge in [0.1, 0.15) is 15.7 Å². The van der Waals surface area contributed by atoms with Gasteiger partial charge in [0.25, 0.3) is 5.91 Å². The first-order valence-electron chi connectivity index (χ1n) is 8.76. The van der Waals surface area contributed by atoms with Crippen molar-refractivity contribution in [3.8, 4) is 10.6 Å². The summed E-state index contributed by atoms with van der Waals surface area (Å²) in [7, 11) is 0. The maximum Gasteiger partial charge on any atom is 0.267 e. The number of amides is 1. The van der Waals surface area contributed by atoms with Crippen molar-refractivity contribution in [1.82, 2.24) is 4.98 Å². The number of nitrogens with zero attached hydrogens (tertiary/aromatic N) is 2. The molecule has 0 radical (unpaired) electrons. The fraction of sp³-hybridized carbons (Fsp3) is 0.200. The van der Waals surface area contributed by atoms with E-state index in [2.05, 4.69) is 31.1 Å². The van der Waals surface area contributed by atoms with E-state index in [0.717, 1.165) is 34.6 Å². The highest BCUT2D eigenvalue weighted by molar-refractivity contribution is 9.10. The third kappa shape index (κ3) is 4.09. The summed E-state index contributed by atoms with van der Waals surface area (Å²) in [6.45, 7) is 2.85. The Morgan fingerprint density at radius 1 is 1.21 bits per heavy atom. The number of anilines is 2. The summed E-state index contributed by atoms with van der Waals surface area (Å²) < 4.78 is 20.3. The van der Waals surface area contributed by atoms with E-state index in [0.29, 0.717) is 34.3 Å². The number of morpholine rings is 1. The SMILES string of the molecule is O=C(Nc1cc(Br)ccc1N1CCOCC1)c1cnc(-c2ccccc2F)s1. The summed E-state index contributed by atoms with van der Waals surface area (Å²) in [6, 6.07) is 12.2. The standard InChI is InChI=1S/C20H17BrFN3O2S/c21-13-5-6-17(25-7-9-27-10-8-25)16(11-13)24-19(26)18-12-23-20(28-18)14-3-1-2-4-15(14)22/h1-6,11-12H,7-10H2,(H,24,26). The molecule has 144 valence electrons. The number of hydrogen-bond acceptors (Lipinski definition) is 5. The summed E-state index contributed by atoms with van der Waals surface area (Å²) in [4.78, 5) is 19.6. The van der Waals surface area contributed by atoms with E-state index in [-0.39, 0.29) is 11.7 Å². The molecule has 8 heteroatoms. The highest BCUT2D eigenvalue weighted by atomic mass is 79.9. The molecule has 0 spiro atoms. The van der Waals surface area contributed by atoms with Crippen molar-refractivity contribution in [3.63, 3.8) is 0 Å². The number of ether oxygens (including phenoxy) is 1. The van der Waals surface area contributed by atoms with Crippen molar-refractivity contribution in [2.45, 2.75) is 0 Å². The van der Waals surface area contributed by atoms with E-state index >= 15 is 0 Å². The van der Waals surface area contributed by atoms with Gasteiger partial charge in [-0.2, -0.15) is 0 Å². The number of thiazole rings is 1. The quantitative estimate of drug-likeness (QED) is 0.606. The first-order valence-corrected chi connectivity index (χ1v) is 10.4. The Morgan fingerprint density at radius 3 is 2.79 bits per heavy atom. The molecule has 1 aliphatic heterocycles. The Hall–Kier alpha value is -2.29. The minimum Gasteiger partial charge on any atom is -0.378 e. The average molecular weight is 462 g/mol. The fourth-order valence-corrected chi connectivity index (χ4v) is 4.21. The van der Waals surface area contributed by atoms with E-state index in [1.807, 2.05) is 18.2 Å². The number of carbonyl (C=O) groups is 1. The minimum atomic E-state index is -0.356. The lowest BCUT2D eigenvalue weighted by Crippen LogP contribution is -2.36. The van der Waals surface area contributed by atoms with Crippen LogP contribution in [0.2, 0.25) is 0 Å². The molecule has 1 aliphatic rings. The van der Waals surface area contributed by atoms with E-state index < -0.39 is 0 Å². The van der Waals surface area contributed by atoms with Gasteiger partial charge in [0.05, 0.1) is 30.8 Å². The predicted octanol–water partition coefficient (Wildman–Crippen LogP) is 4.80. The van der Waals surface area contributed by atoms with Crippen LogP contribution in [0.15, 0.2) is 53.1 Å². The average Bonchev–Trinajstić information content (AvgIpc) is 3.19. The molecule has 0 saturated carbocycles. The van der Waals surface area contributed by atoms with Crippen LogP contribution in [-0.2, 0) is 4.74 Å². The van der Waals surface area contributed by atoms with Gasteiger partial charge in [-0.3, -0.25) is 4.79 Å². The molecule has 4 rings (SSSR count). The minimum absolute atomic E-state index is 0.271. The number of hydrogen-bond donors (Lipinski definition) is 1. The molecule has 0 unspecified atom stereocenters. The lowest BCUT2D eigenvalue weighted by Gasteiger charge is -2.30. The molecule has 2 aromatic carbocycles. The second-order valence-electron chi connectivity index (χ2n) is 6.22. The number of carbonyl (C=O) groups excluding carboxylic acids is 1. The van der Waals surface area contributed by atoms with E-state index in [9.17, 15) is 9.18 Å². The lowest BCUT2D eigenvalue weighted by atomic mass is 10.2. The van der Waals surface area contributed by atoms with Gasteiger partial charge in [0.2, 0.25) is 0 Å². The fourth-order valence-electron chi connectivity index (χ4n) is 3.01. The third-order valence-electron chi connectivity index (χ3n) is 4.39. The Labute approximate surface area is 174 Å². The van der Waals surface area contributed by atoms with Gasteiger partial charge in [0, 0.05) is 23.1 Å². The number of halogens is 2. The number of rotatable bonds is 4. The first kappa shape index (κ1) is 19.0. The molecule has 5 nitrogen and oxygen atoms in total. The van der Waals surface area contributed by atoms with Gasteiger partial charge in [-0.1, -0.05) is 28.1 Å². The van der Waals surface area contributed by atoms with Gasteiger partial charge in [-0.15, -0.1) is 11.3 Å². The molecule has 1 fully saturated rings. The molecular weight excluding hydrogens is 445 g/mol. The van der Waals surface area contributed by atoms with Crippen LogP contribution in [0.25, 0.3) is 10.6 Å². The summed E-state index contributed by atoms with van der Waals surface area (Å²) in [5, 5.41) is 3.45. The van der Waals surface area contributed by atoms with Crippen LogP contribution in [0, 0.1) is 5.82 Å². The second kappa shape index (κ2) is 8.38. The van der Waals surface area contributed by atoms with E-state index in [4.69, 9.17) is 4.74 Å². The van der Waals surface area contributed by atoms with Crippen molar-refractivity contribution in [1.29, 1.82) is 0 Å². The summed E-state index contributed by atoms with van der Waals surface area (Å²) >= 11 is 4.63. The van der Waals surface area contributed by atoms with Crippen molar-refractivity contribution in [2.75, 3.05) is 36.5 Å². The Bertz CT molecular complexity index is 1000. The molecule has 3 aromatic rings. The van der Waals surface area contributed by atoms with Gasteiger partial charge in [-0.25, -0.2) is 9.37 Å². The zero-order valence-corrected chi connectivity index (χ0v) is 17.2. The molecule has 1 saturated heterocycles. The van der Waals surface area contributed by atoms with Crippen LogP contribution < -0.4 is 10.2 Å². The van der Waals surface area contributed by atoms with E-state index in [1.54, 1.807) is 18.2 Å². The maximum atomic E-state index is 14.0. The predicted molar refractivity (Wildman–Crippen MR) is 113 cm³/mol. The van der Waals surface area contributed by atoms with E-state index in [1.165, 1.54) is 12.3 Å². The van der Waals surface area contributed by atoms with Gasteiger partial charge < -0.3 is 15.0 Å². The number of aromatic nitrogens is 1. The van der Waals surface area contributed by atoms with Crippen LogP contribution >= 0.6 is 27.3 Å². The maximum absolute atomic E-state index is 14.0. The van der Waals surface area contributed by atoms with Gasteiger partial charge in [-0.05, 0) is 30.3 Å². The highest BCUT2D eigenvalue weighted by Crippen LogP contribution is 2.32. The van der Waals surface area contributed by atoms with Crippen LogP contribution in [0.5, 0.6) is 0 Å². The topological polar surface area (TPSA) is 54.5 Å². The van der Waals surface area contributed by atoms with Crippen LogP contribution in [0.1, 0.15) is 9.67 Å². The van der Waals surface area contributed by atoms with Gasteiger partial charge >= 0.3 is 0 Å². The first-order chi connectivity index (χ1) is 13.6. The lowest BCUT2D eigenvalue weighted by molar-refractivity contribution is 0.103. The van der Waals surface area contributed by atoms with Crippen LogP contribution in [0.3, 0.4) is 0 Å². The zero-order chi connectivity index (χ0) is 19.5. The number of benzene rings is 2. The molecule has 0 bridgehead atoms. The highest BCUT2D eigenvalue weighted by Gasteiger charge is 2.19. The molecular formula is C20H17BrFN3O2S. The number of nitrogens with one attached hydrogen (secondary N) is 1. The smallest absolute Gasteiger partial charge is 0.267 e. The van der Waals surface area contributed by atoms with Gasteiger partial charge in [0.15, 0.2) is 0 Å². The zero-order valence-electron chi connectivity index (χ0n) is 14.8. The molecule has 2 heterocycles. The van der Waals surface area contributed by atoms with Crippen molar-refractivity contribution >= 4 is 44.5 Å². The molecule has 0 atom stereocenters. The monoisotopic (exact) mass is 461 g/mol. The Morgan fingerprint density at radius 2 is 2.00 bits per heavy atom. The molecule has 28 heavy (non-hydrogen) atoms. The summed E-state index contributed by atoms with van der Waals surface area (Å²) in [5.74, 6) is -0.627. The van der Waals surface area contributed by atoms with Crippen LogP contribution in [0.4, 0.5) is 15.8 Å². The molecule has 0 aliphatic carbocycles. The summed E-state index contributed by atoms with van der Waals surface area (Å²) in [6.07, 6.45) is 1.48. The Kier molecular flexibility index (Phi) is 5.70. The van der Waals surface area contributed by atoms with Crippen molar-refractivity contribution in [3.05, 3.63) is 63.8 Å². The van der Waals surface area contributed by atoms with Crippen molar-refractivity contribution < 1.29 is 13.9 Å². The van der Waals surface area contributed by atoms with Crippen molar-refractivity contribution in [2.24, 2.45) is 0 Å². The second-order valence-corrected chi connectivity index (χ2v) is 8.17. The normalized spacial score (nSPS) is 14.1. The van der Waals surface area contributed by atoms with Crippen LogP contribution in [-0.4, -0.2) is 37.2 Å². The summed E-state index contributed by atoms with van der Waals surface area (Å²) in [5.41, 5.74) is 2.05. The molecule has 1 amide bonds. The third-order valence-corrected chi connectivity index (χ3v) is 5.91. The molecule has 1 aromatic heterocycles.